The van der Waals surface area contributed by atoms with E-state index in [0.717, 1.165) is 12.0 Å². The lowest BCUT2D eigenvalue weighted by Crippen LogP contribution is -2.49. The average molecular weight is 238 g/mol. The molecule has 52 valence electrons. The number of nitrogens with zero attached hydrogens (tertiary/aromatic N) is 2. The number of fused-ring (bicyclic) bond motifs is 1. The quantitative estimate of drug-likeness (QED) is 0.450. The fourth-order valence-corrected chi connectivity index (χ4v) is 2.92. The van der Waals surface area contributed by atoms with Crippen LogP contribution in [0.5, 0.6) is 0 Å². The molecule has 2 aliphatic rings. The van der Waals surface area contributed by atoms with Crippen LogP contribution in [0.4, 0.5) is 0 Å². The van der Waals surface area contributed by atoms with Crippen LogP contribution in [0.15, 0.2) is 0 Å². The minimum Gasteiger partial charge on any atom is -0.304 e. The lowest BCUT2D eigenvalue weighted by atomic mass is 9.96. The molecular weight excluding hydrogens is 227 g/mol. The van der Waals surface area contributed by atoms with Gasteiger partial charge >= 0.3 is 0 Å². The minimum atomic E-state index is 0.885. The molecule has 0 bridgehead atoms. The Morgan fingerprint density at radius 1 is 1.33 bits per heavy atom. The van der Waals surface area contributed by atoms with E-state index in [1.54, 1.807) is 0 Å². The maximum absolute atomic E-state index is 2.43. The third-order valence-corrected chi connectivity index (χ3v) is 3.47. The van der Waals surface area contributed by atoms with Crippen molar-refractivity contribution in [3.8, 4) is 0 Å². The highest BCUT2D eigenvalue weighted by atomic mass is 127. The maximum Gasteiger partial charge on any atom is 0.0374 e. The summed E-state index contributed by atoms with van der Waals surface area (Å²) in [6.45, 7) is 3.92. The number of hydrogen-bond donors (Lipinski definition) is 0. The van der Waals surface area contributed by atoms with Crippen molar-refractivity contribution in [2.45, 2.75) is 6.04 Å². The van der Waals surface area contributed by atoms with Gasteiger partial charge in [-0.05, 0) is 7.05 Å². The topological polar surface area (TPSA) is 6.48 Å². The fraction of sp³-hybridized carbons (Fsp3) is 1.00. The van der Waals surface area contributed by atoms with Crippen LogP contribution in [0.1, 0.15) is 0 Å². The van der Waals surface area contributed by atoms with Crippen LogP contribution in [0.25, 0.3) is 0 Å². The van der Waals surface area contributed by atoms with E-state index < -0.39 is 0 Å². The Hall–Kier alpha value is 0.650. The zero-order chi connectivity index (χ0) is 6.43. The molecule has 3 heteroatoms. The molecule has 0 saturated carbocycles. The summed E-state index contributed by atoms with van der Waals surface area (Å²) < 4.78 is 2.42. The van der Waals surface area contributed by atoms with E-state index in [9.17, 15) is 0 Å². The lowest BCUT2D eigenvalue weighted by molar-refractivity contribution is 0.188. The van der Waals surface area contributed by atoms with Gasteiger partial charge in [0.15, 0.2) is 0 Å². The van der Waals surface area contributed by atoms with Gasteiger partial charge in [0.1, 0.15) is 0 Å². The molecule has 0 amide bonds. The van der Waals surface area contributed by atoms with Gasteiger partial charge in [-0.3, -0.25) is 0 Å². The molecule has 2 saturated heterocycles. The van der Waals surface area contributed by atoms with Crippen LogP contribution in [0, 0.1) is 5.92 Å². The molecule has 0 N–H and O–H groups in total. The summed E-state index contributed by atoms with van der Waals surface area (Å²) in [7, 11) is 2.21. The molecule has 2 fully saturated rings. The zero-order valence-corrected chi connectivity index (χ0v) is 7.71. The molecule has 2 nitrogen and oxygen atoms in total. The molecule has 0 radical (unpaired) electrons. The Morgan fingerprint density at radius 2 is 2.11 bits per heavy atom. The molecule has 0 aromatic rings. The largest absolute Gasteiger partial charge is 0.304 e. The number of likely N-dealkylation sites (tertiary alicyclic amines) is 1. The predicted molar refractivity (Wildman–Crippen MR) is 45.5 cm³/mol. The van der Waals surface area contributed by atoms with Gasteiger partial charge in [0.25, 0.3) is 0 Å². The Morgan fingerprint density at radius 3 is 2.56 bits per heavy atom. The molecular formula is C6H11IN2. The summed E-state index contributed by atoms with van der Waals surface area (Å²) in [6, 6.07) is 0.885. The monoisotopic (exact) mass is 238 g/mol. The first-order valence-electron chi connectivity index (χ1n) is 3.38. The Balaban J connectivity index is 2.00. The molecule has 0 aromatic carbocycles. The fourth-order valence-electron chi connectivity index (χ4n) is 1.78. The standard InChI is InChI=1S/C6H11IN2/c1-8-2-5-3-9(7)6(5)4-8/h5-6H,2-4H2,1H3/t5-,6-/m1/s1. The number of likely N-dealkylation sites (N-methyl/N-ethyl adjacent to an activating group) is 1. The molecule has 0 spiro atoms. The average Bonchev–Trinajstić information content (AvgIpc) is 2.08. The normalized spacial score (nSPS) is 44.7. The first-order chi connectivity index (χ1) is 4.27. The van der Waals surface area contributed by atoms with Gasteiger partial charge < -0.3 is 4.90 Å². The van der Waals surface area contributed by atoms with E-state index in [-0.39, 0.29) is 0 Å². The Labute approximate surface area is 69.7 Å². The maximum atomic E-state index is 2.43. The zero-order valence-electron chi connectivity index (χ0n) is 5.55. The van der Waals surface area contributed by atoms with Crippen molar-refractivity contribution in [1.82, 2.24) is 8.01 Å². The van der Waals surface area contributed by atoms with Gasteiger partial charge in [0, 0.05) is 54.5 Å². The molecule has 2 atom stereocenters. The molecule has 2 rings (SSSR count). The predicted octanol–water partition coefficient (Wildman–Crippen LogP) is 0.582. The highest BCUT2D eigenvalue weighted by molar-refractivity contribution is 14.1. The van der Waals surface area contributed by atoms with Crippen molar-refractivity contribution in [2.24, 2.45) is 5.92 Å². The van der Waals surface area contributed by atoms with Crippen molar-refractivity contribution in [3.05, 3.63) is 0 Å². The summed E-state index contributed by atoms with van der Waals surface area (Å²) >= 11 is 2.43. The minimum absolute atomic E-state index is 0.885. The summed E-state index contributed by atoms with van der Waals surface area (Å²) in [4.78, 5) is 2.42. The molecule has 9 heavy (non-hydrogen) atoms. The summed E-state index contributed by atoms with van der Waals surface area (Å²) in [5.41, 5.74) is 0. The molecule has 2 heterocycles. The van der Waals surface area contributed by atoms with Crippen LogP contribution in [-0.4, -0.2) is 40.7 Å². The van der Waals surface area contributed by atoms with Crippen LogP contribution < -0.4 is 0 Å². The van der Waals surface area contributed by atoms with Gasteiger partial charge in [-0.15, -0.1) is 0 Å². The molecule has 0 aromatic heterocycles. The SMILES string of the molecule is CN1C[C@@H]2CN(I)[C@@H]2C1. The molecule has 0 aliphatic carbocycles. The summed E-state index contributed by atoms with van der Waals surface area (Å²) in [5.74, 6) is 0.992. The lowest BCUT2D eigenvalue weighted by Gasteiger charge is -2.38. The van der Waals surface area contributed by atoms with E-state index in [4.69, 9.17) is 0 Å². The van der Waals surface area contributed by atoms with Crippen LogP contribution in [0.3, 0.4) is 0 Å². The van der Waals surface area contributed by atoms with Crippen molar-refractivity contribution < 1.29 is 0 Å². The highest BCUT2D eigenvalue weighted by Gasteiger charge is 2.43. The van der Waals surface area contributed by atoms with E-state index in [1.807, 2.05) is 0 Å². The Kier molecular flexibility index (Phi) is 1.46. The van der Waals surface area contributed by atoms with Gasteiger partial charge in [-0.1, -0.05) is 0 Å². The number of halogens is 1. The number of rotatable bonds is 0. The summed E-state index contributed by atoms with van der Waals surface area (Å²) in [5, 5.41) is 0. The molecule has 0 unspecified atom stereocenters. The third-order valence-electron chi connectivity index (χ3n) is 2.36. The second-order valence-electron chi connectivity index (χ2n) is 3.13. The van der Waals surface area contributed by atoms with Gasteiger partial charge in [0.05, 0.1) is 0 Å². The van der Waals surface area contributed by atoms with Crippen LogP contribution in [-0.2, 0) is 0 Å². The first-order valence-corrected chi connectivity index (χ1v) is 4.35. The van der Waals surface area contributed by atoms with E-state index in [2.05, 4.69) is 37.9 Å². The van der Waals surface area contributed by atoms with Crippen molar-refractivity contribution in [3.63, 3.8) is 0 Å². The highest BCUT2D eigenvalue weighted by Crippen LogP contribution is 2.33. The van der Waals surface area contributed by atoms with Gasteiger partial charge in [-0.2, -0.15) is 0 Å². The van der Waals surface area contributed by atoms with Crippen LogP contribution >= 0.6 is 22.9 Å². The molecule has 2 aliphatic heterocycles. The van der Waals surface area contributed by atoms with E-state index >= 15 is 0 Å². The first kappa shape index (κ1) is 6.37. The summed E-state index contributed by atoms with van der Waals surface area (Å²) in [6.07, 6.45) is 0. The van der Waals surface area contributed by atoms with Crippen molar-refractivity contribution in [2.75, 3.05) is 26.7 Å². The Bertz CT molecular complexity index is 128. The van der Waals surface area contributed by atoms with Gasteiger partial charge in [0.2, 0.25) is 0 Å². The third kappa shape index (κ3) is 0.897. The second kappa shape index (κ2) is 2.07. The number of hydrogen-bond acceptors (Lipinski definition) is 2. The van der Waals surface area contributed by atoms with Crippen molar-refractivity contribution in [1.29, 1.82) is 0 Å². The van der Waals surface area contributed by atoms with E-state index in [1.165, 1.54) is 19.6 Å². The smallest absolute Gasteiger partial charge is 0.0374 e. The van der Waals surface area contributed by atoms with E-state index in [0.29, 0.717) is 0 Å². The second-order valence-corrected chi connectivity index (χ2v) is 4.37. The van der Waals surface area contributed by atoms with Crippen LogP contribution in [0.2, 0.25) is 0 Å². The van der Waals surface area contributed by atoms with Crippen molar-refractivity contribution >= 4 is 22.9 Å². The van der Waals surface area contributed by atoms with Gasteiger partial charge in [-0.25, -0.2) is 3.11 Å².